The molecule has 0 saturated carbocycles. The first-order valence-electron chi connectivity index (χ1n) is 5.62. The molecule has 0 spiro atoms. The van der Waals surface area contributed by atoms with Gasteiger partial charge in [0.2, 0.25) is 0 Å². The summed E-state index contributed by atoms with van der Waals surface area (Å²) in [4.78, 5) is 25.9. The number of benzene rings is 1. The predicted molar refractivity (Wildman–Crippen MR) is 75.0 cm³/mol. The summed E-state index contributed by atoms with van der Waals surface area (Å²) in [6, 6.07) is 8.38. The SMILES string of the molecule is N#Cc1ccc(C(=O)Nc2cc([N+](=O)[O-])ccc2Cl)cn1. The van der Waals surface area contributed by atoms with Gasteiger partial charge in [0.05, 0.1) is 21.2 Å². The third-order valence-electron chi connectivity index (χ3n) is 2.55. The van der Waals surface area contributed by atoms with Gasteiger partial charge in [-0.1, -0.05) is 11.6 Å². The lowest BCUT2D eigenvalue weighted by Crippen LogP contribution is -2.12. The van der Waals surface area contributed by atoms with E-state index < -0.39 is 10.8 Å². The molecule has 2 rings (SSSR count). The van der Waals surface area contributed by atoms with Crippen LogP contribution < -0.4 is 5.32 Å². The molecule has 0 bridgehead atoms. The van der Waals surface area contributed by atoms with E-state index in [2.05, 4.69) is 10.3 Å². The summed E-state index contributed by atoms with van der Waals surface area (Å²) in [6.07, 6.45) is 1.24. The van der Waals surface area contributed by atoms with E-state index in [0.717, 1.165) is 6.07 Å². The molecule has 0 aliphatic carbocycles. The molecule has 8 heteroatoms. The van der Waals surface area contributed by atoms with Gasteiger partial charge < -0.3 is 5.32 Å². The van der Waals surface area contributed by atoms with Crippen LogP contribution in [0.4, 0.5) is 11.4 Å². The highest BCUT2D eigenvalue weighted by Crippen LogP contribution is 2.27. The van der Waals surface area contributed by atoms with Gasteiger partial charge in [-0.25, -0.2) is 4.98 Å². The zero-order valence-electron chi connectivity index (χ0n) is 10.4. The van der Waals surface area contributed by atoms with Crippen molar-refractivity contribution in [1.82, 2.24) is 4.98 Å². The summed E-state index contributed by atoms with van der Waals surface area (Å²) in [7, 11) is 0. The van der Waals surface area contributed by atoms with Crippen molar-refractivity contribution >= 4 is 28.9 Å². The second kappa shape index (κ2) is 5.98. The minimum absolute atomic E-state index is 0.125. The molecule has 2 aromatic rings. The number of amides is 1. The van der Waals surface area contributed by atoms with Gasteiger partial charge in [-0.2, -0.15) is 5.26 Å². The van der Waals surface area contributed by atoms with Crippen LogP contribution in [0.1, 0.15) is 16.1 Å². The molecule has 0 radical (unpaired) electrons. The van der Waals surface area contributed by atoms with E-state index >= 15 is 0 Å². The van der Waals surface area contributed by atoms with Gasteiger partial charge in [-0.15, -0.1) is 0 Å². The van der Waals surface area contributed by atoms with Gasteiger partial charge in [-0.3, -0.25) is 14.9 Å². The summed E-state index contributed by atoms with van der Waals surface area (Å²) < 4.78 is 0. The smallest absolute Gasteiger partial charge is 0.271 e. The molecule has 0 saturated heterocycles. The fourth-order valence-corrected chi connectivity index (χ4v) is 1.68. The van der Waals surface area contributed by atoms with Gasteiger partial charge in [0.25, 0.3) is 11.6 Å². The van der Waals surface area contributed by atoms with Crippen LogP contribution in [0.3, 0.4) is 0 Å². The lowest BCUT2D eigenvalue weighted by Gasteiger charge is -2.06. The average molecular weight is 303 g/mol. The number of nitro benzene ring substituents is 1. The molecule has 1 amide bonds. The van der Waals surface area contributed by atoms with E-state index in [0.29, 0.717) is 0 Å². The number of hydrogen-bond donors (Lipinski definition) is 1. The number of nitriles is 1. The number of anilines is 1. The quantitative estimate of drug-likeness (QED) is 0.692. The molecular formula is C13H7ClN4O3. The first-order valence-corrected chi connectivity index (χ1v) is 6.00. The Morgan fingerprint density at radius 1 is 1.38 bits per heavy atom. The van der Waals surface area contributed by atoms with Gasteiger partial charge in [0.1, 0.15) is 11.8 Å². The van der Waals surface area contributed by atoms with Crippen molar-refractivity contribution in [1.29, 1.82) is 5.26 Å². The van der Waals surface area contributed by atoms with Crippen LogP contribution in [0.2, 0.25) is 5.02 Å². The van der Waals surface area contributed by atoms with Crippen molar-refractivity contribution in [3.63, 3.8) is 0 Å². The fraction of sp³-hybridized carbons (Fsp3) is 0. The molecule has 1 N–H and O–H groups in total. The van der Waals surface area contributed by atoms with Crippen LogP contribution in [0, 0.1) is 21.4 Å². The van der Waals surface area contributed by atoms with Crippen molar-refractivity contribution in [2.24, 2.45) is 0 Å². The standard InChI is InChI=1S/C13H7ClN4O3/c14-11-4-3-10(18(20)21)5-12(11)17-13(19)8-1-2-9(6-15)16-7-8/h1-5,7H,(H,17,19). The number of halogens is 1. The van der Waals surface area contributed by atoms with Crippen molar-refractivity contribution in [2.75, 3.05) is 5.32 Å². The van der Waals surface area contributed by atoms with Crippen molar-refractivity contribution < 1.29 is 9.72 Å². The van der Waals surface area contributed by atoms with Crippen LogP contribution in [0.5, 0.6) is 0 Å². The Kier molecular flexibility index (Phi) is 4.11. The Bertz CT molecular complexity index is 753. The molecule has 1 aromatic carbocycles. The Labute approximate surface area is 123 Å². The largest absolute Gasteiger partial charge is 0.320 e. The van der Waals surface area contributed by atoms with Gasteiger partial charge in [0.15, 0.2) is 0 Å². The zero-order chi connectivity index (χ0) is 15.4. The second-order valence-corrected chi connectivity index (χ2v) is 4.33. The molecule has 7 nitrogen and oxygen atoms in total. The first kappa shape index (κ1) is 14.4. The molecule has 0 aliphatic rings. The molecule has 0 aliphatic heterocycles. The summed E-state index contributed by atoms with van der Waals surface area (Å²) in [5.74, 6) is -0.533. The summed E-state index contributed by atoms with van der Waals surface area (Å²) in [6.45, 7) is 0. The van der Waals surface area contributed by atoms with E-state index in [4.69, 9.17) is 16.9 Å². The Morgan fingerprint density at radius 3 is 2.71 bits per heavy atom. The predicted octanol–water partition coefficient (Wildman–Crippen LogP) is 2.77. The highest BCUT2D eigenvalue weighted by molar-refractivity contribution is 6.34. The summed E-state index contributed by atoms with van der Waals surface area (Å²) in [5.41, 5.74) is 0.324. The van der Waals surface area contributed by atoms with E-state index in [-0.39, 0.29) is 27.7 Å². The summed E-state index contributed by atoms with van der Waals surface area (Å²) >= 11 is 5.88. The highest BCUT2D eigenvalue weighted by Gasteiger charge is 2.13. The Hall–Kier alpha value is -2.98. The molecule has 0 unspecified atom stereocenters. The number of pyridine rings is 1. The third-order valence-corrected chi connectivity index (χ3v) is 2.88. The fourth-order valence-electron chi connectivity index (χ4n) is 1.51. The maximum absolute atomic E-state index is 12.0. The van der Waals surface area contributed by atoms with Crippen molar-refractivity contribution in [3.8, 4) is 6.07 Å². The lowest BCUT2D eigenvalue weighted by molar-refractivity contribution is -0.384. The molecule has 0 fully saturated rings. The molecular weight excluding hydrogens is 296 g/mol. The van der Waals surface area contributed by atoms with Crippen LogP contribution in [0.25, 0.3) is 0 Å². The number of nitrogens with one attached hydrogen (secondary N) is 1. The minimum atomic E-state index is -0.588. The molecule has 104 valence electrons. The van der Waals surface area contributed by atoms with Crippen molar-refractivity contribution in [2.45, 2.75) is 0 Å². The van der Waals surface area contributed by atoms with Crippen LogP contribution in [0.15, 0.2) is 36.5 Å². The van der Waals surface area contributed by atoms with E-state index in [1.165, 1.54) is 30.5 Å². The highest BCUT2D eigenvalue weighted by atomic mass is 35.5. The lowest BCUT2D eigenvalue weighted by atomic mass is 10.2. The molecule has 1 aromatic heterocycles. The second-order valence-electron chi connectivity index (χ2n) is 3.92. The number of hydrogen-bond acceptors (Lipinski definition) is 5. The molecule has 0 atom stereocenters. The maximum Gasteiger partial charge on any atom is 0.271 e. The monoisotopic (exact) mass is 302 g/mol. The third kappa shape index (κ3) is 3.32. The average Bonchev–Trinajstić information content (AvgIpc) is 2.49. The number of nitro groups is 1. The van der Waals surface area contributed by atoms with Gasteiger partial charge in [0, 0.05) is 18.3 Å². The number of carbonyl (C=O) groups excluding carboxylic acids is 1. The van der Waals surface area contributed by atoms with Crippen LogP contribution in [-0.4, -0.2) is 15.8 Å². The molecule has 1 heterocycles. The van der Waals surface area contributed by atoms with Crippen LogP contribution in [-0.2, 0) is 0 Å². The molecule has 21 heavy (non-hydrogen) atoms. The first-order chi connectivity index (χ1) is 10.0. The maximum atomic E-state index is 12.0. The normalized spacial score (nSPS) is 9.71. The summed E-state index contributed by atoms with van der Waals surface area (Å²) in [5, 5.41) is 22.0. The van der Waals surface area contributed by atoms with Crippen molar-refractivity contribution in [3.05, 3.63) is 62.9 Å². The minimum Gasteiger partial charge on any atom is -0.320 e. The van der Waals surface area contributed by atoms with Gasteiger partial charge >= 0.3 is 0 Å². The number of aromatic nitrogens is 1. The van der Waals surface area contributed by atoms with E-state index in [1.807, 2.05) is 6.07 Å². The number of carbonyl (C=O) groups is 1. The zero-order valence-corrected chi connectivity index (χ0v) is 11.2. The topological polar surface area (TPSA) is 109 Å². The number of nitrogens with zero attached hydrogens (tertiary/aromatic N) is 3. The van der Waals surface area contributed by atoms with Crippen LogP contribution >= 0.6 is 11.6 Å². The van der Waals surface area contributed by atoms with Gasteiger partial charge in [-0.05, 0) is 18.2 Å². The van der Waals surface area contributed by atoms with E-state index in [9.17, 15) is 14.9 Å². The number of rotatable bonds is 3. The Balaban J connectivity index is 2.24. The van der Waals surface area contributed by atoms with E-state index in [1.54, 1.807) is 0 Å². The number of non-ortho nitro benzene ring substituents is 1. The Morgan fingerprint density at radius 2 is 2.14 bits per heavy atom.